The van der Waals surface area contributed by atoms with Gasteiger partial charge in [0.25, 0.3) is 0 Å². The van der Waals surface area contributed by atoms with Gasteiger partial charge in [-0.2, -0.15) is 5.10 Å². The van der Waals surface area contributed by atoms with Gasteiger partial charge in [0.2, 0.25) is 0 Å². The molecule has 0 radical (unpaired) electrons. The standard InChI is InChI=1S/C14H18N4/c15-10-12-6-7-18-14(9-12)16-13(17-18)8-11-4-2-1-3-5-11/h1-5,12H,6-10,15H2. The molecule has 3 rings (SSSR count). The molecule has 4 nitrogen and oxygen atoms in total. The molecule has 1 aromatic carbocycles. The van der Waals surface area contributed by atoms with Gasteiger partial charge in [-0.15, -0.1) is 0 Å². The van der Waals surface area contributed by atoms with Crippen LogP contribution in [0.1, 0.15) is 23.6 Å². The van der Waals surface area contributed by atoms with Crippen LogP contribution in [0.15, 0.2) is 30.3 Å². The van der Waals surface area contributed by atoms with E-state index in [2.05, 4.69) is 34.3 Å². The van der Waals surface area contributed by atoms with Gasteiger partial charge in [0.15, 0.2) is 5.82 Å². The summed E-state index contributed by atoms with van der Waals surface area (Å²) in [5.41, 5.74) is 6.99. The Hall–Kier alpha value is -1.68. The third-order valence-electron chi connectivity index (χ3n) is 3.55. The molecule has 0 bridgehead atoms. The van der Waals surface area contributed by atoms with E-state index in [0.717, 1.165) is 44.0 Å². The number of fused-ring (bicyclic) bond motifs is 1. The monoisotopic (exact) mass is 242 g/mol. The fourth-order valence-corrected chi connectivity index (χ4v) is 2.48. The molecule has 1 aliphatic rings. The van der Waals surface area contributed by atoms with Crippen molar-refractivity contribution in [2.75, 3.05) is 6.54 Å². The van der Waals surface area contributed by atoms with Crippen LogP contribution < -0.4 is 5.73 Å². The third-order valence-corrected chi connectivity index (χ3v) is 3.55. The molecule has 0 spiro atoms. The molecule has 0 aliphatic carbocycles. The highest BCUT2D eigenvalue weighted by Gasteiger charge is 2.20. The number of rotatable bonds is 3. The summed E-state index contributed by atoms with van der Waals surface area (Å²) in [6.07, 6.45) is 2.91. The third kappa shape index (κ3) is 2.29. The normalized spacial score (nSPS) is 18.6. The van der Waals surface area contributed by atoms with E-state index in [-0.39, 0.29) is 0 Å². The number of aromatic nitrogens is 3. The molecule has 2 N–H and O–H groups in total. The van der Waals surface area contributed by atoms with E-state index in [4.69, 9.17) is 5.73 Å². The maximum atomic E-state index is 5.73. The van der Waals surface area contributed by atoms with E-state index in [1.165, 1.54) is 5.56 Å². The largest absolute Gasteiger partial charge is 0.330 e. The summed E-state index contributed by atoms with van der Waals surface area (Å²) in [7, 11) is 0. The van der Waals surface area contributed by atoms with Crippen LogP contribution in [0.5, 0.6) is 0 Å². The van der Waals surface area contributed by atoms with Crippen molar-refractivity contribution in [2.24, 2.45) is 11.7 Å². The number of hydrogen-bond acceptors (Lipinski definition) is 3. The highest BCUT2D eigenvalue weighted by atomic mass is 15.3. The van der Waals surface area contributed by atoms with Crippen molar-refractivity contribution in [1.82, 2.24) is 14.8 Å². The van der Waals surface area contributed by atoms with Crippen LogP contribution in [0, 0.1) is 5.92 Å². The second kappa shape index (κ2) is 4.90. The first-order chi connectivity index (χ1) is 8.85. The lowest BCUT2D eigenvalue weighted by molar-refractivity contribution is 0.369. The van der Waals surface area contributed by atoms with Crippen LogP contribution >= 0.6 is 0 Å². The molecule has 1 atom stereocenters. The summed E-state index contributed by atoms with van der Waals surface area (Å²) in [5.74, 6) is 2.60. The van der Waals surface area contributed by atoms with Crippen LogP contribution in [0.4, 0.5) is 0 Å². The Morgan fingerprint density at radius 2 is 2.11 bits per heavy atom. The zero-order valence-electron chi connectivity index (χ0n) is 10.4. The molecular weight excluding hydrogens is 224 g/mol. The van der Waals surface area contributed by atoms with E-state index < -0.39 is 0 Å². The number of benzene rings is 1. The van der Waals surface area contributed by atoms with Crippen molar-refractivity contribution in [3.05, 3.63) is 47.5 Å². The van der Waals surface area contributed by atoms with Gasteiger partial charge in [-0.3, -0.25) is 0 Å². The Balaban J connectivity index is 1.78. The van der Waals surface area contributed by atoms with Gasteiger partial charge >= 0.3 is 0 Å². The van der Waals surface area contributed by atoms with Gasteiger partial charge < -0.3 is 5.73 Å². The number of nitrogens with two attached hydrogens (primary N) is 1. The summed E-state index contributed by atoms with van der Waals surface area (Å²) in [6.45, 7) is 1.71. The maximum Gasteiger partial charge on any atom is 0.155 e. The van der Waals surface area contributed by atoms with Crippen LogP contribution in [0.25, 0.3) is 0 Å². The second-order valence-corrected chi connectivity index (χ2v) is 4.92. The quantitative estimate of drug-likeness (QED) is 0.885. The van der Waals surface area contributed by atoms with Gasteiger partial charge in [0.1, 0.15) is 5.82 Å². The molecule has 18 heavy (non-hydrogen) atoms. The summed E-state index contributed by atoms with van der Waals surface area (Å²) in [6, 6.07) is 10.4. The van der Waals surface area contributed by atoms with Crippen molar-refractivity contribution >= 4 is 0 Å². The Morgan fingerprint density at radius 3 is 2.89 bits per heavy atom. The molecule has 94 valence electrons. The molecule has 2 heterocycles. The van der Waals surface area contributed by atoms with E-state index >= 15 is 0 Å². The molecule has 0 amide bonds. The molecule has 0 saturated heterocycles. The predicted octanol–water partition coefficient (Wildman–Crippen LogP) is 1.39. The molecule has 1 unspecified atom stereocenters. The summed E-state index contributed by atoms with van der Waals surface area (Å²) < 4.78 is 2.05. The zero-order chi connectivity index (χ0) is 12.4. The van der Waals surface area contributed by atoms with Crippen LogP contribution in [0.3, 0.4) is 0 Å². The highest BCUT2D eigenvalue weighted by Crippen LogP contribution is 2.18. The first-order valence-corrected chi connectivity index (χ1v) is 6.51. The highest BCUT2D eigenvalue weighted by molar-refractivity contribution is 5.18. The van der Waals surface area contributed by atoms with Crippen molar-refractivity contribution in [3.63, 3.8) is 0 Å². The number of nitrogens with zero attached hydrogens (tertiary/aromatic N) is 3. The smallest absolute Gasteiger partial charge is 0.155 e. The molecular formula is C14H18N4. The van der Waals surface area contributed by atoms with Gasteiger partial charge in [-0.1, -0.05) is 30.3 Å². The lowest BCUT2D eigenvalue weighted by atomic mass is 9.98. The fourth-order valence-electron chi connectivity index (χ4n) is 2.48. The van der Waals surface area contributed by atoms with Crippen molar-refractivity contribution in [1.29, 1.82) is 0 Å². The Kier molecular flexibility index (Phi) is 3.11. The predicted molar refractivity (Wildman–Crippen MR) is 70.1 cm³/mol. The Morgan fingerprint density at radius 1 is 1.28 bits per heavy atom. The maximum absolute atomic E-state index is 5.73. The first-order valence-electron chi connectivity index (χ1n) is 6.51. The van der Waals surface area contributed by atoms with Crippen LogP contribution in [-0.2, 0) is 19.4 Å². The van der Waals surface area contributed by atoms with Gasteiger partial charge in [-0.05, 0) is 24.4 Å². The first kappa shape index (κ1) is 11.4. The van der Waals surface area contributed by atoms with Crippen molar-refractivity contribution < 1.29 is 0 Å². The average molecular weight is 242 g/mol. The second-order valence-electron chi connectivity index (χ2n) is 4.92. The summed E-state index contributed by atoms with van der Waals surface area (Å²) in [5, 5.41) is 4.58. The van der Waals surface area contributed by atoms with Gasteiger partial charge in [-0.25, -0.2) is 9.67 Å². The molecule has 0 saturated carbocycles. The molecule has 2 aromatic rings. The molecule has 1 aromatic heterocycles. The SMILES string of the molecule is NCC1CCn2nc(Cc3ccccc3)nc2C1. The number of hydrogen-bond donors (Lipinski definition) is 1. The fraction of sp³-hybridized carbons (Fsp3) is 0.429. The van der Waals surface area contributed by atoms with E-state index in [1.54, 1.807) is 0 Å². The lowest BCUT2D eigenvalue weighted by Crippen LogP contribution is -2.26. The number of aryl methyl sites for hydroxylation is 1. The van der Waals surface area contributed by atoms with E-state index in [9.17, 15) is 0 Å². The zero-order valence-corrected chi connectivity index (χ0v) is 10.4. The average Bonchev–Trinajstić information content (AvgIpc) is 2.80. The molecule has 1 aliphatic heterocycles. The summed E-state index contributed by atoms with van der Waals surface area (Å²) in [4.78, 5) is 4.64. The van der Waals surface area contributed by atoms with Crippen molar-refractivity contribution in [2.45, 2.75) is 25.8 Å². The topological polar surface area (TPSA) is 56.7 Å². The Labute approximate surface area is 107 Å². The van der Waals surface area contributed by atoms with E-state index in [1.807, 2.05) is 10.7 Å². The molecule has 4 heteroatoms. The van der Waals surface area contributed by atoms with Gasteiger partial charge in [0.05, 0.1) is 0 Å². The van der Waals surface area contributed by atoms with Gasteiger partial charge in [0, 0.05) is 19.4 Å². The lowest BCUT2D eigenvalue weighted by Gasteiger charge is -2.19. The minimum Gasteiger partial charge on any atom is -0.330 e. The minimum atomic E-state index is 0.575. The minimum absolute atomic E-state index is 0.575. The van der Waals surface area contributed by atoms with Crippen LogP contribution in [-0.4, -0.2) is 21.3 Å². The summed E-state index contributed by atoms with van der Waals surface area (Å²) >= 11 is 0. The van der Waals surface area contributed by atoms with Crippen molar-refractivity contribution in [3.8, 4) is 0 Å². The van der Waals surface area contributed by atoms with E-state index in [0.29, 0.717) is 5.92 Å². The van der Waals surface area contributed by atoms with Crippen LogP contribution in [0.2, 0.25) is 0 Å². The molecule has 0 fully saturated rings. The Bertz CT molecular complexity index is 518.